The molecule has 0 fully saturated rings. The summed E-state index contributed by atoms with van der Waals surface area (Å²) in [6.07, 6.45) is 0. The number of hydrogen-bond donors (Lipinski definition) is 0. The van der Waals surface area contributed by atoms with Crippen molar-refractivity contribution in [3.05, 3.63) is 60.2 Å². The highest BCUT2D eigenvalue weighted by Gasteiger charge is 2.12. The second-order valence-corrected chi connectivity index (χ2v) is 3.45. The summed E-state index contributed by atoms with van der Waals surface area (Å²) in [7, 11) is 1.44. The Labute approximate surface area is 94.5 Å². The van der Waals surface area contributed by atoms with Crippen molar-refractivity contribution in [1.82, 2.24) is 0 Å². The van der Waals surface area contributed by atoms with E-state index >= 15 is 0 Å². The highest BCUT2D eigenvalue weighted by atomic mass is 16.5. The molecule has 16 heavy (non-hydrogen) atoms. The molecule has 2 aromatic rings. The van der Waals surface area contributed by atoms with Gasteiger partial charge in [0.05, 0.1) is 0 Å². The summed E-state index contributed by atoms with van der Waals surface area (Å²) in [6, 6.07) is 17.7. The Bertz CT molecular complexity index is 472. The average molecular weight is 213 g/mol. The van der Waals surface area contributed by atoms with E-state index in [0.717, 1.165) is 11.1 Å². The van der Waals surface area contributed by atoms with Crippen molar-refractivity contribution in [3.8, 4) is 11.1 Å². The van der Waals surface area contributed by atoms with Gasteiger partial charge in [0.15, 0.2) is 7.11 Å². The lowest BCUT2D eigenvalue weighted by Crippen LogP contribution is -2.02. The molecule has 0 unspecified atom stereocenters. The maximum atomic E-state index is 9.39. The smallest absolute Gasteiger partial charge is 0.335 e. The number of hydrogen-bond acceptors (Lipinski definition) is 1. The molecule has 0 saturated carbocycles. The van der Waals surface area contributed by atoms with Crippen LogP contribution in [-0.2, 0) is 4.74 Å². The summed E-state index contributed by atoms with van der Waals surface area (Å²) < 4.78 is 4.75. The Hall–Kier alpha value is -2.09. The summed E-state index contributed by atoms with van der Waals surface area (Å²) >= 11 is 0. The third-order valence-electron chi connectivity index (χ3n) is 2.43. The first kappa shape index (κ1) is 10.4. The van der Waals surface area contributed by atoms with Crippen LogP contribution in [-0.4, -0.2) is 17.9 Å². The average Bonchev–Trinajstić information content (AvgIpc) is 2.39. The van der Waals surface area contributed by atoms with Crippen LogP contribution in [0.25, 0.3) is 11.1 Å². The van der Waals surface area contributed by atoms with Gasteiger partial charge in [0, 0.05) is 0 Å². The molecule has 0 atom stereocenters. The Morgan fingerprint density at radius 3 is 2.00 bits per heavy atom. The van der Waals surface area contributed by atoms with Gasteiger partial charge in [-0.3, -0.25) is 0 Å². The van der Waals surface area contributed by atoms with E-state index in [0.29, 0.717) is 5.56 Å². The molecule has 0 radical (unpaired) electrons. The van der Waals surface area contributed by atoms with Crippen molar-refractivity contribution in [1.29, 1.82) is 0 Å². The first-order valence-corrected chi connectivity index (χ1v) is 5.07. The van der Waals surface area contributed by atoms with Crippen LogP contribution in [0.15, 0.2) is 54.6 Å². The lowest BCUT2D eigenvalue weighted by atomic mass is 10.0. The third kappa shape index (κ3) is 2.11. The minimum Gasteiger partial charge on any atom is -0.335 e. The predicted molar refractivity (Wildman–Crippen MR) is 64.9 cm³/mol. The number of rotatable bonds is 2. The molecular formula is C14H13O2+. The van der Waals surface area contributed by atoms with E-state index in [2.05, 4.69) is 12.1 Å². The van der Waals surface area contributed by atoms with Crippen molar-refractivity contribution in [2.24, 2.45) is 0 Å². The summed E-state index contributed by atoms with van der Waals surface area (Å²) in [4.78, 5) is 9.39. The van der Waals surface area contributed by atoms with Gasteiger partial charge in [-0.25, -0.2) is 0 Å². The molecule has 0 aliphatic heterocycles. The monoisotopic (exact) mass is 213 g/mol. The minimum absolute atomic E-state index is 0.0559. The molecule has 0 saturated heterocycles. The maximum Gasteiger partial charge on any atom is 0.517 e. The molecule has 2 aromatic carbocycles. The molecule has 0 amide bonds. The van der Waals surface area contributed by atoms with Crippen LogP contribution in [0.3, 0.4) is 0 Å². The fraction of sp³-hybridized carbons (Fsp3) is 0.0714. The van der Waals surface area contributed by atoms with Crippen molar-refractivity contribution in [2.75, 3.05) is 7.11 Å². The molecule has 0 heterocycles. The van der Waals surface area contributed by atoms with Crippen LogP contribution in [0.5, 0.6) is 0 Å². The van der Waals surface area contributed by atoms with Gasteiger partial charge in [-0.1, -0.05) is 42.5 Å². The van der Waals surface area contributed by atoms with Crippen molar-refractivity contribution >= 4 is 5.97 Å². The summed E-state index contributed by atoms with van der Waals surface area (Å²) in [5.74, 6) is -0.0559. The van der Waals surface area contributed by atoms with Crippen molar-refractivity contribution in [2.45, 2.75) is 0 Å². The summed E-state index contributed by atoms with van der Waals surface area (Å²) in [6.45, 7) is 0. The maximum absolute atomic E-state index is 9.39. The van der Waals surface area contributed by atoms with Gasteiger partial charge < -0.3 is 9.53 Å². The van der Waals surface area contributed by atoms with Crippen LogP contribution in [0.1, 0.15) is 5.56 Å². The second-order valence-electron chi connectivity index (χ2n) is 3.45. The summed E-state index contributed by atoms with van der Waals surface area (Å²) in [5, 5.41) is 0. The number of esters is 1. The molecule has 0 bridgehead atoms. The van der Waals surface area contributed by atoms with Crippen LogP contribution in [0.2, 0.25) is 0 Å². The predicted octanol–water partition coefficient (Wildman–Crippen LogP) is 2.85. The van der Waals surface area contributed by atoms with E-state index in [4.69, 9.17) is 4.74 Å². The number of methoxy groups -OCH3 is 1. The van der Waals surface area contributed by atoms with Gasteiger partial charge >= 0.3 is 5.97 Å². The standard InChI is InChI=1S/C14H12O2/c1-16-14(15)13-9-7-12(8-10-13)11-5-3-2-4-6-11/h2-10H,1H3/p+1. The highest BCUT2D eigenvalue weighted by Crippen LogP contribution is 2.19. The fourth-order valence-electron chi connectivity index (χ4n) is 1.55. The van der Waals surface area contributed by atoms with Gasteiger partial charge in [-0.15, -0.1) is 0 Å². The number of benzene rings is 2. The molecular weight excluding hydrogens is 200 g/mol. The molecule has 2 rings (SSSR count). The zero-order valence-electron chi connectivity index (χ0n) is 9.05. The zero-order chi connectivity index (χ0) is 11.4. The quantitative estimate of drug-likeness (QED) is 0.557. The van der Waals surface area contributed by atoms with Crippen LogP contribution in [0.4, 0.5) is 0 Å². The molecule has 2 nitrogen and oxygen atoms in total. The van der Waals surface area contributed by atoms with Crippen LogP contribution >= 0.6 is 0 Å². The van der Waals surface area contributed by atoms with E-state index in [1.807, 2.05) is 42.5 Å². The molecule has 0 aromatic heterocycles. The van der Waals surface area contributed by atoms with Crippen LogP contribution in [0, 0.1) is 0 Å². The minimum atomic E-state index is -0.0559. The molecule has 1 N–H and O–H groups in total. The van der Waals surface area contributed by atoms with Gasteiger partial charge in [0.2, 0.25) is 0 Å². The van der Waals surface area contributed by atoms with E-state index in [9.17, 15) is 4.79 Å². The Kier molecular flexibility index (Phi) is 3.01. The van der Waals surface area contributed by atoms with Crippen LogP contribution < -0.4 is 0 Å². The number of carbonyl (C=O) groups excluding carboxylic acids is 1. The topological polar surface area (TPSA) is 30.6 Å². The highest BCUT2D eigenvalue weighted by molar-refractivity contribution is 5.90. The van der Waals surface area contributed by atoms with Gasteiger partial charge in [-0.2, -0.15) is 0 Å². The SMILES string of the molecule is COC(=[OH+])c1ccc(-c2ccccc2)cc1. The Morgan fingerprint density at radius 1 is 0.875 bits per heavy atom. The zero-order valence-corrected chi connectivity index (χ0v) is 9.05. The first-order chi connectivity index (χ1) is 7.81. The largest absolute Gasteiger partial charge is 0.517 e. The lowest BCUT2D eigenvalue weighted by molar-refractivity contribution is 0.357. The normalized spacial score (nSPS) is 9.81. The lowest BCUT2D eigenvalue weighted by Gasteiger charge is -2.00. The van der Waals surface area contributed by atoms with Gasteiger partial charge in [-0.05, 0) is 23.3 Å². The van der Waals surface area contributed by atoms with Gasteiger partial charge in [0.1, 0.15) is 5.56 Å². The first-order valence-electron chi connectivity index (χ1n) is 5.07. The number of ether oxygens (including phenoxy) is 1. The molecule has 0 spiro atoms. The third-order valence-corrected chi connectivity index (χ3v) is 2.43. The Balaban J connectivity index is 2.30. The van der Waals surface area contributed by atoms with Gasteiger partial charge in [0.25, 0.3) is 0 Å². The van der Waals surface area contributed by atoms with E-state index in [1.54, 1.807) is 0 Å². The molecule has 2 heteroatoms. The van der Waals surface area contributed by atoms with E-state index in [-0.39, 0.29) is 5.97 Å². The molecule has 0 aliphatic carbocycles. The molecule has 80 valence electrons. The summed E-state index contributed by atoms with van der Waals surface area (Å²) in [5.41, 5.74) is 2.96. The van der Waals surface area contributed by atoms with Crippen molar-refractivity contribution < 1.29 is 9.53 Å². The van der Waals surface area contributed by atoms with E-state index in [1.165, 1.54) is 7.11 Å². The van der Waals surface area contributed by atoms with E-state index < -0.39 is 0 Å². The van der Waals surface area contributed by atoms with Crippen molar-refractivity contribution in [3.63, 3.8) is 0 Å². The Morgan fingerprint density at radius 2 is 1.44 bits per heavy atom. The molecule has 0 aliphatic rings. The fourth-order valence-corrected chi connectivity index (χ4v) is 1.55. The second kappa shape index (κ2) is 4.62.